The van der Waals surface area contributed by atoms with Gasteiger partial charge in [-0.05, 0) is 34.5 Å². The molecule has 0 spiro atoms. The van der Waals surface area contributed by atoms with Gasteiger partial charge < -0.3 is 4.74 Å². The third kappa shape index (κ3) is 2.50. The monoisotopic (exact) mass is 363 g/mol. The summed E-state index contributed by atoms with van der Waals surface area (Å²) in [5.74, 6) is 1.19. The summed E-state index contributed by atoms with van der Waals surface area (Å²) < 4.78 is 33.1. The summed E-state index contributed by atoms with van der Waals surface area (Å²) in [5, 5.41) is 6.54. The molecule has 2 aromatic carbocycles. The van der Waals surface area contributed by atoms with E-state index in [1.54, 1.807) is 11.8 Å². The zero-order valence-electron chi connectivity index (χ0n) is 12.8. The van der Waals surface area contributed by atoms with E-state index in [0.717, 1.165) is 22.1 Å². The number of rotatable bonds is 2. The van der Waals surface area contributed by atoms with E-state index in [1.165, 1.54) is 0 Å². The van der Waals surface area contributed by atoms with Crippen LogP contribution in [-0.2, 0) is 16.6 Å². The van der Waals surface area contributed by atoms with Crippen molar-refractivity contribution in [2.75, 3.05) is 17.6 Å². The van der Waals surface area contributed by atoms with E-state index in [-0.39, 0.29) is 17.5 Å². The fraction of sp³-hybridized carbons (Fsp3) is 0.188. The van der Waals surface area contributed by atoms with Crippen LogP contribution in [0.1, 0.15) is 0 Å². The Kier molecular flexibility index (Phi) is 3.43. The van der Waals surface area contributed by atoms with Crippen molar-refractivity contribution in [1.82, 2.24) is 9.78 Å². The highest BCUT2D eigenvalue weighted by atomic mass is 35.5. The molecular formula is C16H14ClN3O3S. The van der Waals surface area contributed by atoms with Crippen molar-refractivity contribution in [1.29, 1.82) is 0 Å². The van der Waals surface area contributed by atoms with Crippen molar-refractivity contribution in [2.24, 2.45) is 0 Å². The molecule has 3 aromatic rings. The number of halogens is 1. The average molecular weight is 364 g/mol. The summed E-state index contributed by atoms with van der Waals surface area (Å²) in [5.41, 5.74) is 1.40. The zero-order chi connectivity index (χ0) is 16.9. The molecule has 124 valence electrons. The highest BCUT2D eigenvalue weighted by molar-refractivity contribution is 7.92. The van der Waals surface area contributed by atoms with Gasteiger partial charge in [0.05, 0.1) is 25.0 Å². The van der Waals surface area contributed by atoms with E-state index in [9.17, 15) is 8.42 Å². The Labute approximate surface area is 144 Å². The van der Waals surface area contributed by atoms with Crippen LogP contribution in [0.15, 0.2) is 36.4 Å². The molecule has 6 nitrogen and oxygen atoms in total. The third-order valence-electron chi connectivity index (χ3n) is 4.07. The molecule has 0 aliphatic carbocycles. The summed E-state index contributed by atoms with van der Waals surface area (Å²) >= 11 is 6.28. The minimum Gasteiger partial charge on any atom is -0.497 e. The van der Waals surface area contributed by atoms with E-state index < -0.39 is 10.0 Å². The molecule has 0 atom stereocenters. The lowest BCUT2D eigenvalue weighted by Crippen LogP contribution is -2.28. The van der Waals surface area contributed by atoms with Crippen LogP contribution in [-0.4, -0.2) is 31.1 Å². The smallest absolute Gasteiger partial charge is 0.235 e. The molecule has 1 aliphatic heterocycles. The average Bonchev–Trinajstić information content (AvgIpc) is 2.88. The lowest BCUT2D eigenvalue weighted by molar-refractivity contribution is 0.415. The summed E-state index contributed by atoms with van der Waals surface area (Å²) in [6.45, 7) is 0.287. The second-order valence-electron chi connectivity index (χ2n) is 5.59. The highest BCUT2D eigenvalue weighted by Gasteiger charge is 2.27. The molecule has 0 bridgehead atoms. The van der Waals surface area contributed by atoms with Gasteiger partial charge >= 0.3 is 0 Å². The van der Waals surface area contributed by atoms with Crippen molar-refractivity contribution in [3.05, 3.63) is 41.6 Å². The molecule has 8 heteroatoms. The lowest BCUT2D eigenvalue weighted by atomic mass is 10.0. The number of nitrogens with zero attached hydrogens (tertiary/aromatic N) is 2. The predicted octanol–water partition coefficient (Wildman–Crippen LogP) is 3.12. The number of ether oxygens (including phenoxy) is 1. The van der Waals surface area contributed by atoms with Crippen molar-refractivity contribution in [3.8, 4) is 16.9 Å². The van der Waals surface area contributed by atoms with Crippen LogP contribution in [0, 0.1) is 0 Å². The van der Waals surface area contributed by atoms with Gasteiger partial charge in [-0.25, -0.2) is 13.1 Å². The molecule has 1 aliphatic rings. The van der Waals surface area contributed by atoms with Gasteiger partial charge in [0.1, 0.15) is 11.6 Å². The number of aryl methyl sites for hydroxylation is 1. The Morgan fingerprint density at radius 2 is 1.96 bits per heavy atom. The fourth-order valence-corrected chi connectivity index (χ4v) is 4.17. The van der Waals surface area contributed by atoms with Gasteiger partial charge in [-0.15, -0.1) is 0 Å². The molecule has 4 rings (SSSR count). The molecule has 0 amide bonds. The molecule has 1 N–H and O–H groups in total. The second kappa shape index (κ2) is 5.39. The maximum atomic E-state index is 11.9. The first-order chi connectivity index (χ1) is 11.5. The van der Waals surface area contributed by atoms with E-state index in [0.29, 0.717) is 11.4 Å². The van der Waals surface area contributed by atoms with E-state index in [1.807, 2.05) is 36.4 Å². The molecule has 24 heavy (non-hydrogen) atoms. The van der Waals surface area contributed by atoms with E-state index >= 15 is 0 Å². The molecule has 0 saturated heterocycles. The number of fused-ring (bicyclic) bond motifs is 2. The van der Waals surface area contributed by atoms with Crippen LogP contribution in [0.5, 0.6) is 5.75 Å². The largest absolute Gasteiger partial charge is 0.497 e. The molecule has 0 saturated carbocycles. The molecule has 0 fully saturated rings. The van der Waals surface area contributed by atoms with Crippen LogP contribution in [0.4, 0.5) is 5.82 Å². The van der Waals surface area contributed by atoms with Crippen molar-refractivity contribution < 1.29 is 13.2 Å². The number of hydrogen-bond acceptors (Lipinski definition) is 4. The third-order valence-corrected chi connectivity index (χ3v) is 5.56. The summed E-state index contributed by atoms with van der Waals surface area (Å²) in [7, 11) is -1.73. The number of benzene rings is 2. The SMILES string of the molecule is COc1ccc2cc(-c3c(Cl)nn4c3NS(=O)(=O)CC4)ccc2c1. The summed E-state index contributed by atoms with van der Waals surface area (Å²) in [6.07, 6.45) is 0. The Balaban J connectivity index is 1.88. The second-order valence-corrected chi connectivity index (χ2v) is 7.79. The molecule has 0 radical (unpaired) electrons. The number of aromatic nitrogens is 2. The maximum absolute atomic E-state index is 11.9. The van der Waals surface area contributed by atoms with Crippen LogP contribution in [0.25, 0.3) is 21.9 Å². The number of methoxy groups -OCH3 is 1. The Morgan fingerprint density at radius 1 is 1.21 bits per heavy atom. The van der Waals surface area contributed by atoms with Crippen molar-refractivity contribution in [2.45, 2.75) is 6.54 Å². The minimum absolute atomic E-state index is 0.00500. The van der Waals surface area contributed by atoms with Crippen LogP contribution in [0.3, 0.4) is 0 Å². The topological polar surface area (TPSA) is 73.2 Å². The first-order valence-electron chi connectivity index (χ1n) is 7.32. The summed E-state index contributed by atoms with van der Waals surface area (Å²) in [4.78, 5) is 0. The van der Waals surface area contributed by atoms with Gasteiger partial charge in [-0.3, -0.25) is 4.72 Å². The number of anilines is 1. The van der Waals surface area contributed by atoms with Crippen LogP contribution < -0.4 is 9.46 Å². The maximum Gasteiger partial charge on any atom is 0.235 e. The Morgan fingerprint density at radius 3 is 2.75 bits per heavy atom. The number of hydrogen-bond donors (Lipinski definition) is 1. The van der Waals surface area contributed by atoms with Crippen molar-refractivity contribution in [3.63, 3.8) is 0 Å². The summed E-state index contributed by atoms with van der Waals surface area (Å²) in [6, 6.07) is 11.6. The number of sulfonamides is 1. The Bertz CT molecular complexity index is 1060. The molecular weight excluding hydrogens is 350 g/mol. The number of nitrogens with one attached hydrogen (secondary N) is 1. The quantitative estimate of drug-likeness (QED) is 0.759. The minimum atomic E-state index is -3.35. The molecule has 2 heterocycles. The van der Waals surface area contributed by atoms with Gasteiger partial charge in [-0.1, -0.05) is 29.8 Å². The lowest BCUT2D eigenvalue weighted by Gasteiger charge is -2.17. The van der Waals surface area contributed by atoms with Gasteiger partial charge in [0, 0.05) is 0 Å². The first-order valence-corrected chi connectivity index (χ1v) is 9.35. The molecule has 1 aromatic heterocycles. The van der Waals surface area contributed by atoms with Crippen LogP contribution >= 0.6 is 11.6 Å². The van der Waals surface area contributed by atoms with Crippen molar-refractivity contribution >= 4 is 38.2 Å². The van der Waals surface area contributed by atoms with Gasteiger partial charge in [0.25, 0.3) is 0 Å². The van der Waals surface area contributed by atoms with E-state index in [2.05, 4.69) is 9.82 Å². The fourth-order valence-electron chi connectivity index (χ4n) is 2.87. The zero-order valence-corrected chi connectivity index (χ0v) is 14.4. The first kappa shape index (κ1) is 15.3. The molecule has 0 unspecified atom stereocenters. The van der Waals surface area contributed by atoms with E-state index in [4.69, 9.17) is 16.3 Å². The highest BCUT2D eigenvalue weighted by Crippen LogP contribution is 2.38. The predicted molar refractivity (Wildman–Crippen MR) is 94.1 cm³/mol. The van der Waals surface area contributed by atoms with Gasteiger partial charge in [0.2, 0.25) is 10.0 Å². The standard InChI is InChI=1S/C16H14ClN3O3S/c1-23-13-5-4-10-8-12(3-2-11(10)9-13)14-15(17)18-20-6-7-24(21,22)19-16(14)20/h2-5,8-9,19H,6-7H2,1H3. The van der Waals surface area contributed by atoms with Gasteiger partial charge in [-0.2, -0.15) is 5.10 Å². The Hall–Kier alpha value is -2.25. The normalized spacial score (nSPS) is 15.8. The van der Waals surface area contributed by atoms with Gasteiger partial charge in [0.15, 0.2) is 5.15 Å². The van der Waals surface area contributed by atoms with Crippen LogP contribution in [0.2, 0.25) is 5.15 Å².